The lowest BCUT2D eigenvalue weighted by Gasteiger charge is -2.09. The number of anilines is 1. The zero-order chi connectivity index (χ0) is 20.9. The summed E-state index contributed by atoms with van der Waals surface area (Å²) in [6, 6.07) is 21.2. The van der Waals surface area contributed by atoms with Gasteiger partial charge in [0, 0.05) is 11.4 Å². The smallest absolute Gasteiger partial charge is 0.234 e. The highest BCUT2D eigenvalue weighted by atomic mass is 35.5. The number of hydrogen-bond donors (Lipinski definition) is 1. The molecule has 30 heavy (non-hydrogen) atoms. The molecule has 0 aromatic heterocycles. The summed E-state index contributed by atoms with van der Waals surface area (Å²) in [5, 5.41) is 4.01. The molecule has 1 amide bonds. The summed E-state index contributed by atoms with van der Waals surface area (Å²) in [6.45, 7) is 0. The lowest BCUT2D eigenvalue weighted by Crippen LogP contribution is -2.17. The fourth-order valence-electron chi connectivity index (χ4n) is 2.95. The minimum atomic E-state index is -0.464. The van der Waals surface area contributed by atoms with Crippen molar-refractivity contribution in [1.29, 1.82) is 0 Å². The predicted molar refractivity (Wildman–Crippen MR) is 123 cm³/mol. The average molecular weight is 438 g/mol. The van der Waals surface area contributed by atoms with Gasteiger partial charge in [0.1, 0.15) is 5.82 Å². The Morgan fingerprint density at radius 2 is 1.63 bits per heavy atom. The van der Waals surface area contributed by atoms with Gasteiger partial charge < -0.3 is 5.32 Å². The molecule has 1 heterocycles. The number of para-hydroxylation sites is 3. The molecule has 3 aromatic rings. The molecule has 1 aliphatic rings. The summed E-state index contributed by atoms with van der Waals surface area (Å²) in [4.78, 5) is 21.8. The standard InChI is InChI=1S/C23H17ClFN3OS/c24-16-11-9-15(10-12-16)21-13-23(28-20-8-4-3-7-19(20)26-21)30-14-22(29)27-18-6-2-1-5-17(18)25/h1-12H,13-14H2,(H,27,29). The van der Waals surface area contributed by atoms with Crippen LogP contribution in [0.15, 0.2) is 82.8 Å². The number of fused-ring (bicyclic) bond motifs is 1. The topological polar surface area (TPSA) is 53.8 Å². The average Bonchev–Trinajstić information content (AvgIpc) is 2.94. The lowest BCUT2D eigenvalue weighted by atomic mass is 10.1. The van der Waals surface area contributed by atoms with Gasteiger partial charge in [0.05, 0.1) is 33.6 Å². The summed E-state index contributed by atoms with van der Waals surface area (Å²) in [6.07, 6.45) is 0.480. The molecule has 0 aliphatic carbocycles. The van der Waals surface area contributed by atoms with E-state index in [1.165, 1.54) is 23.9 Å². The van der Waals surface area contributed by atoms with Gasteiger partial charge in [-0.1, -0.05) is 48.0 Å². The molecule has 4 rings (SSSR count). The number of halogens is 2. The van der Waals surface area contributed by atoms with Crippen molar-refractivity contribution in [2.75, 3.05) is 11.1 Å². The third-order valence-electron chi connectivity index (χ3n) is 4.40. The van der Waals surface area contributed by atoms with Crippen molar-refractivity contribution in [3.63, 3.8) is 0 Å². The Hall–Kier alpha value is -2.96. The van der Waals surface area contributed by atoms with Crippen molar-refractivity contribution < 1.29 is 9.18 Å². The molecular formula is C23H17ClFN3OS. The van der Waals surface area contributed by atoms with E-state index >= 15 is 0 Å². The van der Waals surface area contributed by atoms with Gasteiger partial charge >= 0.3 is 0 Å². The molecule has 0 bridgehead atoms. The van der Waals surface area contributed by atoms with Crippen molar-refractivity contribution in [2.45, 2.75) is 6.42 Å². The summed E-state index contributed by atoms with van der Waals surface area (Å²) in [7, 11) is 0. The monoisotopic (exact) mass is 437 g/mol. The van der Waals surface area contributed by atoms with Crippen LogP contribution < -0.4 is 5.32 Å². The van der Waals surface area contributed by atoms with E-state index in [2.05, 4.69) is 5.32 Å². The van der Waals surface area contributed by atoms with Gasteiger partial charge in [-0.05, 0) is 42.0 Å². The maximum Gasteiger partial charge on any atom is 0.234 e. The highest BCUT2D eigenvalue weighted by Gasteiger charge is 2.17. The van der Waals surface area contributed by atoms with Crippen LogP contribution in [0.2, 0.25) is 5.02 Å². The van der Waals surface area contributed by atoms with E-state index in [1.807, 2.05) is 48.5 Å². The minimum Gasteiger partial charge on any atom is -0.323 e. The van der Waals surface area contributed by atoms with E-state index in [0.29, 0.717) is 11.4 Å². The lowest BCUT2D eigenvalue weighted by molar-refractivity contribution is -0.113. The Morgan fingerprint density at radius 3 is 2.37 bits per heavy atom. The van der Waals surface area contributed by atoms with Crippen LogP contribution in [-0.4, -0.2) is 22.4 Å². The van der Waals surface area contributed by atoms with Gasteiger partial charge in [0.15, 0.2) is 0 Å². The fourth-order valence-corrected chi connectivity index (χ4v) is 3.84. The maximum absolute atomic E-state index is 13.8. The number of nitrogens with zero attached hydrogens (tertiary/aromatic N) is 2. The van der Waals surface area contributed by atoms with Crippen LogP contribution in [0.4, 0.5) is 21.5 Å². The zero-order valence-electron chi connectivity index (χ0n) is 15.8. The molecule has 1 aliphatic heterocycles. The van der Waals surface area contributed by atoms with Crippen molar-refractivity contribution in [2.24, 2.45) is 9.98 Å². The van der Waals surface area contributed by atoms with Crippen molar-refractivity contribution in [3.8, 4) is 0 Å². The van der Waals surface area contributed by atoms with Crippen LogP contribution in [0, 0.1) is 5.82 Å². The number of aliphatic imine (C=N–C) groups is 2. The number of hydrogen-bond acceptors (Lipinski definition) is 4. The van der Waals surface area contributed by atoms with Gasteiger partial charge in [-0.15, -0.1) is 11.8 Å². The van der Waals surface area contributed by atoms with Crippen molar-refractivity contribution in [3.05, 3.63) is 89.2 Å². The Labute approximate surface area is 182 Å². The molecule has 0 radical (unpaired) electrons. The van der Waals surface area contributed by atoms with Crippen LogP contribution in [-0.2, 0) is 4.79 Å². The van der Waals surface area contributed by atoms with Gasteiger partial charge in [-0.3, -0.25) is 9.79 Å². The number of benzene rings is 3. The number of nitrogens with one attached hydrogen (secondary N) is 1. The molecule has 0 saturated carbocycles. The fraction of sp³-hybridized carbons (Fsp3) is 0.0870. The van der Waals surface area contributed by atoms with Crippen molar-refractivity contribution in [1.82, 2.24) is 0 Å². The highest BCUT2D eigenvalue weighted by molar-refractivity contribution is 8.14. The Kier molecular flexibility index (Phi) is 6.26. The second-order valence-corrected chi connectivity index (χ2v) is 8.04. The molecule has 0 unspecified atom stereocenters. The molecule has 0 saturated heterocycles. The number of rotatable bonds is 4. The van der Waals surface area contributed by atoms with E-state index < -0.39 is 5.82 Å². The SMILES string of the molecule is O=C(CSC1=Nc2ccccc2N=C(c2ccc(Cl)cc2)C1)Nc1ccccc1F. The van der Waals surface area contributed by atoms with Crippen LogP contribution in [0.3, 0.4) is 0 Å². The molecule has 0 atom stereocenters. The Bertz CT molecular complexity index is 1150. The molecule has 7 heteroatoms. The molecule has 1 N–H and O–H groups in total. The third kappa shape index (κ3) is 4.96. The number of carbonyl (C=O) groups excluding carboxylic acids is 1. The summed E-state index contributed by atoms with van der Waals surface area (Å²) < 4.78 is 13.8. The number of thioether (sulfide) groups is 1. The first kappa shape index (κ1) is 20.3. The van der Waals surface area contributed by atoms with Crippen molar-refractivity contribution >= 4 is 57.1 Å². The molecule has 150 valence electrons. The highest BCUT2D eigenvalue weighted by Crippen LogP contribution is 2.33. The van der Waals surface area contributed by atoms with Gasteiger partial charge in [0.2, 0.25) is 5.91 Å². The van der Waals surface area contributed by atoms with E-state index in [-0.39, 0.29) is 17.3 Å². The van der Waals surface area contributed by atoms with Gasteiger partial charge in [-0.25, -0.2) is 9.38 Å². The van der Waals surface area contributed by atoms with E-state index in [9.17, 15) is 9.18 Å². The summed E-state index contributed by atoms with van der Waals surface area (Å²) in [5.41, 5.74) is 3.48. The zero-order valence-corrected chi connectivity index (χ0v) is 17.4. The Morgan fingerprint density at radius 1 is 0.967 bits per heavy atom. The second-order valence-electron chi connectivity index (χ2n) is 6.55. The van der Waals surface area contributed by atoms with E-state index in [0.717, 1.165) is 27.7 Å². The first-order valence-corrected chi connectivity index (χ1v) is 10.6. The summed E-state index contributed by atoms with van der Waals surface area (Å²) in [5.74, 6) is -0.646. The predicted octanol–water partition coefficient (Wildman–Crippen LogP) is 6.41. The first-order valence-electron chi connectivity index (χ1n) is 9.26. The largest absolute Gasteiger partial charge is 0.323 e. The Balaban J connectivity index is 1.53. The van der Waals surface area contributed by atoms with Crippen LogP contribution in [0.25, 0.3) is 0 Å². The maximum atomic E-state index is 13.8. The van der Waals surface area contributed by atoms with Gasteiger partial charge in [0.25, 0.3) is 0 Å². The number of carbonyl (C=O) groups is 1. The number of amides is 1. The second kappa shape index (κ2) is 9.24. The van der Waals surface area contributed by atoms with Crippen LogP contribution >= 0.6 is 23.4 Å². The van der Waals surface area contributed by atoms with Crippen LogP contribution in [0.1, 0.15) is 12.0 Å². The summed E-state index contributed by atoms with van der Waals surface area (Å²) >= 11 is 7.33. The van der Waals surface area contributed by atoms with E-state index in [4.69, 9.17) is 21.6 Å². The first-order chi connectivity index (χ1) is 14.6. The molecule has 3 aromatic carbocycles. The molecule has 0 spiro atoms. The molecule has 4 nitrogen and oxygen atoms in total. The molecule has 0 fully saturated rings. The van der Waals surface area contributed by atoms with Gasteiger partial charge in [-0.2, -0.15) is 0 Å². The normalized spacial score (nSPS) is 13.0. The molecular weight excluding hydrogens is 421 g/mol. The quantitative estimate of drug-likeness (QED) is 0.513. The van der Waals surface area contributed by atoms with E-state index in [1.54, 1.807) is 12.1 Å². The van der Waals surface area contributed by atoms with Crippen LogP contribution in [0.5, 0.6) is 0 Å². The third-order valence-corrected chi connectivity index (χ3v) is 5.62. The minimum absolute atomic E-state index is 0.114.